The maximum absolute atomic E-state index is 12.8. The minimum absolute atomic E-state index is 0.0650. The lowest BCUT2D eigenvalue weighted by molar-refractivity contribution is -0.167. The Bertz CT molecular complexity index is 945. The molecule has 0 amide bonds. The molecule has 0 unspecified atom stereocenters. The molecule has 0 spiro atoms. The van der Waals surface area contributed by atoms with Gasteiger partial charge in [-0.1, -0.05) is 260 Å². The minimum Gasteiger partial charge on any atom is -0.462 e. The molecule has 0 fully saturated rings. The van der Waals surface area contributed by atoms with Crippen LogP contribution in [0.5, 0.6) is 0 Å². The fourth-order valence-corrected chi connectivity index (χ4v) is 8.29. The van der Waals surface area contributed by atoms with Crippen LogP contribution in [0.15, 0.2) is 0 Å². The maximum Gasteiger partial charge on any atom is 0.306 e. The summed E-state index contributed by atoms with van der Waals surface area (Å²) >= 11 is 0. The Balaban J connectivity index is 4.19. The van der Waals surface area contributed by atoms with Crippen molar-refractivity contribution in [2.75, 3.05) is 13.2 Å². The van der Waals surface area contributed by atoms with Crippen molar-refractivity contribution < 1.29 is 28.6 Å². The Kier molecular flexibility index (Phi) is 45.2. The SMILES string of the molecule is CC(C)CCCCCCCCCCCCCCCCCCCCC(=O)OC[C@H](COC(=O)CCCCCCCCCC(C)C)OC(=O)CCCCCCCCCCCC(C)C. The van der Waals surface area contributed by atoms with Gasteiger partial charge in [-0.05, 0) is 37.0 Å². The van der Waals surface area contributed by atoms with Crippen LogP contribution < -0.4 is 0 Å². The first-order chi connectivity index (χ1) is 29.6. The predicted octanol–water partition coefficient (Wildman–Crippen LogP) is 17.6. The smallest absolute Gasteiger partial charge is 0.306 e. The van der Waals surface area contributed by atoms with E-state index in [1.807, 2.05) is 0 Å². The van der Waals surface area contributed by atoms with Crippen LogP contribution >= 0.6 is 0 Å². The molecule has 0 aromatic carbocycles. The third-order valence-corrected chi connectivity index (χ3v) is 12.4. The highest BCUT2D eigenvalue weighted by atomic mass is 16.6. The monoisotopic (exact) mass is 863 g/mol. The number of rotatable bonds is 48. The van der Waals surface area contributed by atoms with Gasteiger partial charge in [-0.25, -0.2) is 0 Å². The molecule has 0 aromatic heterocycles. The summed E-state index contributed by atoms with van der Waals surface area (Å²) in [4.78, 5) is 37.9. The van der Waals surface area contributed by atoms with Gasteiger partial charge in [0.15, 0.2) is 6.10 Å². The first-order valence-electron chi connectivity index (χ1n) is 27.1. The van der Waals surface area contributed by atoms with E-state index in [0.29, 0.717) is 19.3 Å². The van der Waals surface area contributed by atoms with Crippen LogP contribution in [-0.2, 0) is 28.6 Å². The number of hydrogen-bond donors (Lipinski definition) is 0. The first kappa shape index (κ1) is 59.4. The van der Waals surface area contributed by atoms with E-state index in [1.165, 1.54) is 180 Å². The Labute approximate surface area is 380 Å². The Hall–Kier alpha value is -1.59. The zero-order valence-corrected chi connectivity index (χ0v) is 42.0. The predicted molar refractivity (Wildman–Crippen MR) is 261 cm³/mol. The maximum atomic E-state index is 12.8. The van der Waals surface area contributed by atoms with Crippen molar-refractivity contribution in [3.05, 3.63) is 0 Å². The van der Waals surface area contributed by atoms with Gasteiger partial charge in [-0.15, -0.1) is 0 Å². The number of unbranched alkanes of at least 4 members (excludes halogenated alkanes) is 31. The zero-order valence-electron chi connectivity index (χ0n) is 42.0. The number of esters is 3. The number of carbonyl (C=O) groups is 3. The molecule has 0 heterocycles. The quantitative estimate of drug-likeness (QED) is 0.0344. The number of hydrogen-bond acceptors (Lipinski definition) is 6. The van der Waals surface area contributed by atoms with E-state index in [-0.39, 0.29) is 31.1 Å². The van der Waals surface area contributed by atoms with Crippen molar-refractivity contribution in [2.24, 2.45) is 17.8 Å². The molecule has 0 aliphatic rings. The lowest BCUT2D eigenvalue weighted by atomic mass is 10.0. The number of ether oxygens (including phenoxy) is 3. The highest BCUT2D eigenvalue weighted by Crippen LogP contribution is 2.18. The molecule has 6 heteroatoms. The lowest BCUT2D eigenvalue weighted by Gasteiger charge is -2.18. The second kappa shape index (κ2) is 46.4. The summed E-state index contributed by atoms with van der Waals surface area (Å²) in [6.07, 6.45) is 46.8. The minimum atomic E-state index is -0.763. The van der Waals surface area contributed by atoms with Crippen LogP contribution in [0.2, 0.25) is 0 Å². The summed E-state index contributed by atoms with van der Waals surface area (Å²) in [5.41, 5.74) is 0. The van der Waals surface area contributed by atoms with Gasteiger partial charge in [0.05, 0.1) is 0 Å². The Morgan fingerprint density at radius 1 is 0.279 bits per heavy atom. The molecule has 362 valence electrons. The summed E-state index contributed by atoms with van der Waals surface area (Å²) in [6, 6.07) is 0. The standard InChI is InChI=1S/C55H106O6/c1-49(2)41-35-29-23-18-15-13-11-9-7-8-10-12-14-16-20-26-32-38-44-53(56)59-47-52(48-60-54(57)45-39-33-28-22-25-31-37-43-51(5)6)61-55(58)46-40-34-27-21-17-19-24-30-36-42-50(3)4/h49-52H,7-48H2,1-6H3/t52-/m1/s1. The van der Waals surface area contributed by atoms with E-state index in [9.17, 15) is 14.4 Å². The van der Waals surface area contributed by atoms with Crippen LogP contribution in [0.1, 0.15) is 298 Å². The van der Waals surface area contributed by atoms with Crippen molar-refractivity contribution in [3.63, 3.8) is 0 Å². The highest BCUT2D eigenvalue weighted by molar-refractivity contribution is 5.71. The van der Waals surface area contributed by atoms with Crippen molar-refractivity contribution >= 4 is 17.9 Å². The van der Waals surface area contributed by atoms with Crippen molar-refractivity contribution in [1.29, 1.82) is 0 Å². The van der Waals surface area contributed by atoms with Gasteiger partial charge >= 0.3 is 17.9 Å². The largest absolute Gasteiger partial charge is 0.462 e. The molecule has 6 nitrogen and oxygen atoms in total. The fourth-order valence-electron chi connectivity index (χ4n) is 8.29. The Morgan fingerprint density at radius 2 is 0.475 bits per heavy atom. The third kappa shape index (κ3) is 49.3. The van der Waals surface area contributed by atoms with Crippen molar-refractivity contribution in [1.82, 2.24) is 0 Å². The molecule has 0 aliphatic heterocycles. The van der Waals surface area contributed by atoms with Crippen molar-refractivity contribution in [2.45, 2.75) is 304 Å². The van der Waals surface area contributed by atoms with E-state index in [1.54, 1.807) is 0 Å². The molecule has 0 bridgehead atoms. The van der Waals surface area contributed by atoms with E-state index in [2.05, 4.69) is 41.5 Å². The summed E-state index contributed by atoms with van der Waals surface area (Å²) in [5.74, 6) is 1.59. The topological polar surface area (TPSA) is 78.9 Å². The van der Waals surface area contributed by atoms with Gasteiger partial charge in [0.25, 0.3) is 0 Å². The average molecular weight is 863 g/mol. The van der Waals surface area contributed by atoms with Gasteiger partial charge in [0, 0.05) is 19.3 Å². The summed E-state index contributed by atoms with van der Waals surface area (Å²) in [6.45, 7) is 13.7. The number of carbonyl (C=O) groups excluding carboxylic acids is 3. The normalized spacial score (nSPS) is 12.1. The Morgan fingerprint density at radius 3 is 0.705 bits per heavy atom. The molecule has 0 aliphatic carbocycles. The molecule has 61 heavy (non-hydrogen) atoms. The molecular weight excluding hydrogens is 757 g/mol. The zero-order chi connectivity index (χ0) is 44.9. The van der Waals surface area contributed by atoms with E-state index >= 15 is 0 Å². The van der Waals surface area contributed by atoms with E-state index < -0.39 is 6.10 Å². The highest BCUT2D eigenvalue weighted by Gasteiger charge is 2.19. The van der Waals surface area contributed by atoms with Gasteiger partial charge in [0.1, 0.15) is 13.2 Å². The van der Waals surface area contributed by atoms with Gasteiger partial charge < -0.3 is 14.2 Å². The molecule has 0 aromatic rings. The van der Waals surface area contributed by atoms with Crippen LogP contribution in [0.4, 0.5) is 0 Å². The lowest BCUT2D eigenvalue weighted by Crippen LogP contribution is -2.30. The van der Waals surface area contributed by atoms with Crippen LogP contribution in [0.3, 0.4) is 0 Å². The first-order valence-corrected chi connectivity index (χ1v) is 27.1. The van der Waals surface area contributed by atoms with Crippen LogP contribution in [-0.4, -0.2) is 37.2 Å². The molecule has 0 saturated carbocycles. The molecule has 1 atom stereocenters. The van der Waals surface area contributed by atoms with Gasteiger partial charge in [-0.2, -0.15) is 0 Å². The summed E-state index contributed by atoms with van der Waals surface area (Å²) < 4.78 is 16.8. The molecular formula is C55H106O6. The van der Waals surface area contributed by atoms with Crippen LogP contribution in [0.25, 0.3) is 0 Å². The van der Waals surface area contributed by atoms with E-state index in [0.717, 1.165) is 75.5 Å². The second-order valence-electron chi connectivity index (χ2n) is 20.3. The summed E-state index contributed by atoms with van der Waals surface area (Å²) in [7, 11) is 0. The third-order valence-electron chi connectivity index (χ3n) is 12.4. The fraction of sp³-hybridized carbons (Fsp3) is 0.945. The second-order valence-corrected chi connectivity index (χ2v) is 20.3. The molecule has 0 rings (SSSR count). The molecule has 0 saturated heterocycles. The van der Waals surface area contributed by atoms with Crippen molar-refractivity contribution in [3.8, 4) is 0 Å². The van der Waals surface area contributed by atoms with Gasteiger partial charge in [0.2, 0.25) is 0 Å². The van der Waals surface area contributed by atoms with Crippen LogP contribution in [0, 0.1) is 17.8 Å². The molecule has 0 N–H and O–H groups in total. The summed E-state index contributed by atoms with van der Waals surface area (Å²) in [5, 5.41) is 0. The average Bonchev–Trinajstić information content (AvgIpc) is 3.22. The van der Waals surface area contributed by atoms with Gasteiger partial charge in [-0.3, -0.25) is 14.4 Å². The molecule has 0 radical (unpaired) electrons. The van der Waals surface area contributed by atoms with E-state index in [4.69, 9.17) is 14.2 Å².